The summed E-state index contributed by atoms with van der Waals surface area (Å²) in [5, 5.41) is 0. The van der Waals surface area contributed by atoms with Gasteiger partial charge in [-0.15, -0.1) is 0 Å². The van der Waals surface area contributed by atoms with Gasteiger partial charge in [0, 0.05) is 28.6 Å². The average molecular weight is 742 g/mol. The third-order valence-corrected chi connectivity index (χ3v) is 12.3. The van der Waals surface area contributed by atoms with Gasteiger partial charge >= 0.3 is 0 Å². The van der Waals surface area contributed by atoms with Crippen LogP contribution in [0, 0.1) is 20.8 Å². The van der Waals surface area contributed by atoms with Gasteiger partial charge in [-0.05, 0) is 123 Å². The summed E-state index contributed by atoms with van der Waals surface area (Å²) in [6.45, 7) is 6.20. The summed E-state index contributed by atoms with van der Waals surface area (Å²) in [5.41, 5.74) is 23.3. The van der Waals surface area contributed by atoms with Gasteiger partial charge in [0.25, 0.3) is 0 Å². The molecule has 274 valence electrons. The molecule has 0 fully saturated rings. The Balaban J connectivity index is 1.06. The van der Waals surface area contributed by atoms with E-state index in [0.29, 0.717) is 0 Å². The topological polar surface area (TPSA) is 38.7 Å². The molecular formula is C55H39N3. The lowest BCUT2D eigenvalue weighted by atomic mass is 9.70. The van der Waals surface area contributed by atoms with Gasteiger partial charge < -0.3 is 0 Å². The van der Waals surface area contributed by atoms with Crippen LogP contribution < -0.4 is 0 Å². The molecule has 2 heterocycles. The van der Waals surface area contributed by atoms with Gasteiger partial charge in [0.2, 0.25) is 0 Å². The van der Waals surface area contributed by atoms with Crippen molar-refractivity contribution in [3.63, 3.8) is 0 Å². The Hall–Kier alpha value is -7.23. The summed E-state index contributed by atoms with van der Waals surface area (Å²) in [5.74, 6) is 0.748. The zero-order chi connectivity index (χ0) is 39.0. The first kappa shape index (κ1) is 34.1. The molecule has 0 aliphatic heterocycles. The lowest BCUT2D eigenvalue weighted by Crippen LogP contribution is -2.25. The molecule has 2 aromatic heterocycles. The van der Waals surface area contributed by atoms with Crippen LogP contribution in [0.15, 0.2) is 182 Å². The molecule has 7 aromatic carbocycles. The molecule has 3 nitrogen and oxygen atoms in total. The number of aryl methyl sites for hydroxylation is 3. The molecule has 0 saturated heterocycles. The van der Waals surface area contributed by atoms with Crippen molar-refractivity contribution in [2.24, 2.45) is 0 Å². The molecule has 1 atom stereocenters. The second-order valence-electron chi connectivity index (χ2n) is 15.7. The summed E-state index contributed by atoms with van der Waals surface area (Å²) in [4.78, 5) is 14.6. The first-order chi connectivity index (χ1) is 28.5. The van der Waals surface area contributed by atoms with Crippen LogP contribution in [-0.2, 0) is 5.41 Å². The number of nitrogens with zero attached hydrogens (tertiary/aromatic N) is 3. The molecule has 58 heavy (non-hydrogen) atoms. The number of pyridine rings is 1. The van der Waals surface area contributed by atoms with Gasteiger partial charge in [0.1, 0.15) is 5.82 Å². The Labute approximate surface area is 339 Å². The van der Waals surface area contributed by atoms with Crippen LogP contribution in [0.25, 0.3) is 78.1 Å². The number of fused-ring (bicyclic) bond motifs is 10. The fourth-order valence-electron chi connectivity index (χ4n) is 9.75. The average Bonchev–Trinajstić information content (AvgIpc) is 3.73. The lowest BCUT2D eigenvalue weighted by molar-refractivity contribution is 0.794. The first-order valence-electron chi connectivity index (χ1n) is 20.0. The van der Waals surface area contributed by atoms with Gasteiger partial charge in [0.15, 0.2) is 0 Å². The van der Waals surface area contributed by atoms with Gasteiger partial charge in [-0.2, -0.15) is 0 Å². The molecular weight excluding hydrogens is 703 g/mol. The molecule has 11 rings (SSSR count). The minimum Gasteiger partial charge on any atom is -0.261 e. The summed E-state index contributed by atoms with van der Waals surface area (Å²) >= 11 is 0. The molecule has 0 radical (unpaired) electrons. The molecule has 0 bridgehead atoms. The van der Waals surface area contributed by atoms with Crippen molar-refractivity contribution in [1.82, 2.24) is 15.0 Å². The van der Waals surface area contributed by atoms with Crippen LogP contribution in [0.1, 0.15) is 39.3 Å². The Morgan fingerprint density at radius 1 is 0.345 bits per heavy atom. The van der Waals surface area contributed by atoms with E-state index in [1.165, 1.54) is 77.9 Å². The predicted molar refractivity (Wildman–Crippen MR) is 238 cm³/mol. The Bertz CT molecular complexity index is 3090. The quantitative estimate of drug-likeness (QED) is 0.176. The first-order valence-corrected chi connectivity index (χ1v) is 20.0. The molecule has 1 spiro atoms. The second-order valence-corrected chi connectivity index (χ2v) is 15.7. The van der Waals surface area contributed by atoms with E-state index in [4.69, 9.17) is 9.97 Å². The summed E-state index contributed by atoms with van der Waals surface area (Å²) in [6, 6.07) is 64.4. The van der Waals surface area contributed by atoms with E-state index in [0.717, 1.165) is 39.6 Å². The van der Waals surface area contributed by atoms with Crippen molar-refractivity contribution in [2.45, 2.75) is 26.2 Å². The molecule has 0 amide bonds. The smallest absolute Gasteiger partial charge is 0.126 e. The SMILES string of the molecule is Cc1cc(C)c(-c2ccc(-c3ccc4c(c3)C3(c5ccccc5-c5cc(-c6cc(-c7ccccc7-c7ccccc7)nc(C)n6)ccc53)c3ccccc3-4)cc2)cn1. The van der Waals surface area contributed by atoms with Crippen LogP contribution >= 0.6 is 0 Å². The normalized spacial score (nSPS) is 14.5. The van der Waals surface area contributed by atoms with E-state index in [-0.39, 0.29) is 0 Å². The van der Waals surface area contributed by atoms with Gasteiger partial charge in [-0.3, -0.25) is 4.98 Å². The van der Waals surface area contributed by atoms with Crippen LogP contribution in [0.3, 0.4) is 0 Å². The number of hydrogen-bond donors (Lipinski definition) is 0. The van der Waals surface area contributed by atoms with E-state index in [2.05, 4.69) is 188 Å². The Morgan fingerprint density at radius 2 is 0.897 bits per heavy atom. The molecule has 9 aromatic rings. The number of benzene rings is 7. The number of hydrogen-bond acceptors (Lipinski definition) is 3. The van der Waals surface area contributed by atoms with Crippen LogP contribution in [0.2, 0.25) is 0 Å². The van der Waals surface area contributed by atoms with Crippen molar-refractivity contribution < 1.29 is 0 Å². The highest BCUT2D eigenvalue weighted by Crippen LogP contribution is 2.63. The minimum absolute atomic E-state index is 0.460. The maximum atomic E-state index is 5.04. The van der Waals surface area contributed by atoms with Gasteiger partial charge in [-0.1, -0.05) is 152 Å². The van der Waals surface area contributed by atoms with Crippen molar-refractivity contribution in [3.05, 3.63) is 221 Å². The molecule has 0 N–H and O–H groups in total. The van der Waals surface area contributed by atoms with Crippen LogP contribution in [-0.4, -0.2) is 15.0 Å². The maximum absolute atomic E-state index is 5.04. The maximum Gasteiger partial charge on any atom is 0.126 e. The summed E-state index contributed by atoms with van der Waals surface area (Å²) in [6.07, 6.45) is 1.99. The highest BCUT2D eigenvalue weighted by Gasteiger charge is 2.51. The highest BCUT2D eigenvalue weighted by atomic mass is 14.9. The third kappa shape index (κ3) is 5.17. The Morgan fingerprint density at radius 3 is 1.64 bits per heavy atom. The minimum atomic E-state index is -0.460. The molecule has 2 aliphatic rings. The standard InChI is InChI=1S/C55H39N3/c1-34-29-35(2)56-33-48(34)39-23-21-37(22-24-39)40-25-27-45-43-16-9-11-19-49(43)55(52(45)31-40)50-20-12-10-17-44(50)47-30-41(26-28-51(47)55)53-32-54(58-36(3)57-53)46-18-8-7-15-42(46)38-13-5-4-6-14-38/h4-33H,1-3H3. The largest absolute Gasteiger partial charge is 0.261 e. The van der Waals surface area contributed by atoms with Crippen LogP contribution in [0.5, 0.6) is 0 Å². The van der Waals surface area contributed by atoms with Crippen molar-refractivity contribution in [1.29, 1.82) is 0 Å². The number of aromatic nitrogens is 3. The zero-order valence-electron chi connectivity index (χ0n) is 32.7. The fourth-order valence-corrected chi connectivity index (χ4v) is 9.75. The third-order valence-electron chi connectivity index (χ3n) is 12.3. The van der Waals surface area contributed by atoms with Gasteiger partial charge in [-0.25, -0.2) is 9.97 Å². The van der Waals surface area contributed by atoms with E-state index in [1.807, 2.05) is 20.0 Å². The molecule has 0 saturated carbocycles. The van der Waals surface area contributed by atoms with Gasteiger partial charge in [0.05, 0.1) is 16.8 Å². The van der Waals surface area contributed by atoms with E-state index >= 15 is 0 Å². The zero-order valence-corrected chi connectivity index (χ0v) is 32.7. The lowest BCUT2D eigenvalue weighted by Gasteiger charge is -2.30. The van der Waals surface area contributed by atoms with E-state index < -0.39 is 5.41 Å². The van der Waals surface area contributed by atoms with Crippen molar-refractivity contribution in [2.75, 3.05) is 0 Å². The molecule has 1 unspecified atom stereocenters. The molecule has 3 heteroatoms. The predicted octanol–water partition coefficient (Wildman–Crippen LogP) is 13.5. The van der Waals surface area contributed by atoms with Crippen LogP contribution in [0.4, 0.5) is 0 Å². The Kier molecular flexibility index (Phi) is 7.74. The highest BCUT2D eigenvalue weighted by molar-refractivity contribution is 5.97. The fraction of sp³-hybridized carbons (Fsp3) is 0.0727. The summed E-state index contributed by atoms with van der Waals surface area (Å²) < 4.78 is 0. The summed E-state index contributed by atoms with van der Waals surface area (Å²) in [7, 11) is 0. The van der Waals surface area contributed by atoms with E-state index in [1.54, 1.807) is 0 Å². The van der Waals surface area contributed by atoms with Crippen molar-refractivity contribution >= 4 is 0 Å². The molecule has 2 aliphatic carbocycles. The van der Waals surface area contributed by atoms with E-state index in [9.17, 15) is 0 Å². The van der Waals surface area contributed by atoms with Crippen molar-refractivity contribution in [3.8, 4) is 78.1 Å². The monoisotopic (exact) mass is 741 g/mol. The number of rotatable bonds is 5. The second kappa shape index (κ2) is 13.2.